The Morgan fingerprint density at radius 1 is 1.21 bits per heavy atom. The molecular weight excluding hydrogens is 238 g/mol. The highest BCUT2D eigenvalue weighted by Gasteiger charge is 2.14. The van der Waals surface area contributed by atoms with Crippen LogP contribution in [0.15, 0.2) is 0 Å². The van der Waals surface area contributed by atoms with Gasteiger partial charge in [0.05, 0.1) is 6.42 Å². The van der Waals surface area contributed by atoms with Crippen molar-refractivity contribution in [2.75, 3.05) is 0 Å². The van der Waals surface area contributed by atoms with Crippen LogP contribution in [0, 0.1) is 11.8 Å². The minimum absolute atomic E-state index is 0.106. The molecule has 0 saturated heterocycles. The summed E-state index contributed by atoms with van der Waals surface area (Å²) < 4.78 is 0. The SMILES string of the molecule is C[C@H](CCCC1CCCCC1)CC[C@H](N)CC(=O)O. The Morgan fingerprint density at radius 2 is 1.89 bits per heavy atom. The molecule has 0 aromatic heterocycles. The van der Waals surface area contributed by atoms with Gasteiger partial charge in [0, 0.05) is 6.04 Å². The molecule has 1 fully saturated rings. The van der Waals surface area contributed by atoms with Crippen molar-refractivity contribution in [2.45, 2.75) is 83.6 Å². The number of nitrogens with two attached hydrogens (primary N) is 1. The Labute approximate surface area is 118 Å². The Hall–Kier alpha value is -0.570. The summed E-state index contributed by atoms with van der Waals surface area (Å²) >= 11 is 0. The molecule has 3 N–H and O–H groups in total. The molecule has 3 nitrogen and oxygen atoms in total. The van der Waals surface area contributed by atoms with Crippen molar-refractivity contribution in [1.29, 1.82) is 0 Å². The molecule has 0 bridgehead atoms. The van der Waals surface area contributed by atoms with E-state index in [4.69, 9.17) is 10.8 Å². The Kier molecular flexibility index (Phi) is 8.11. The van der Waals surface area contributed by atoms with E-state index in [0.29, 0.717) is 5.92 Å². The van der Waals surface area contributed by atoms with Crippen LogP contribution in [-0.4, -0.2) is 17.1 Å². The molecule has 0 heterocycles. The van der Waals surface area contributed by atoms with Gasteiger partial charge in [0.1, 0.15) is 0 Å². The molecule has 2 atom stereocenters. The van der Waals surface area contributed by atoms with Gasteiger partial charge in [-0.15, -0.1) is 0 Å². The van der Waals surface area contributed by atoms with Gasteiger partial charge in [-0.25, -0.2) is 0 Å². The molecule has 19 heavy (non-hydrogen) atoms. The smallest absolute Gasteiger partial charge is 0.304 e. The fourth-order valence-electron chi connectivity index (χ4n) is 3.20. The minimum Gasteiger partial charge on any atom is -0.481 e. The number of carboxylic acids is 1. The topological polar surface area (TPSA) is 63.3 Å². The highest BCUT2D eigenvalue weighted by molar-refractivity contribution is 5.67. The summed E-state index contributed by atoms with van der Waals surface area (Å²) in [5, 5.41) is 8.65. The van der Waals surface area contributed by atoms with Gasteiger partial charge in [0.25, 0.3) is 0 Å². The van der Waals surface area contributed by atoms with E-state index in [1.54, 1.807) is 0 Å². The van der Waals surface area contributed by atoms with Crippen LogP contribution in [0.3, 0.4) is 0 Å². The molecule has 1 aliphatic carbocycles. The summed E-state index contributed by atoms with van der Waals surface area (Å²) in [4.78, 5) is 10.5. The lowest BCUT2D eigenvalue weighted by atomic mass is 9.84. The lowest BCUT2D eigenvalue weighted by molar-refractivity contribution is -0.137. The van der Waals surface area contributed by atoms with Crippen molar-refractivity contribution >= 4 is 5.97 Å². The number of aliphatic carboxylic acids is 1. The van der Waals surface area contributed by atoms with Crippen LogP contribution in [-0.2, 0) is 4.79 Å². The lowest BCUT2D eigenvalue weighted by Gasteiger charge is -2.22. The first-order valence-electron chi connectivity index (χ1n) is 8.05. The van der Waals surface area contributed by atoms with Gasteiger partial charge in [-0.3, -0.25) is 4.79 Å². The molecule has 0 aliphatic heterocycles. The standard InChI is InChI=1S/C16H31NO2/c1-13(10-11-15(17)12-16(18)19)6-5-9-14-7-3-2-4-8-14/h13-15H,2-12,17H2,1H3,(H,18,19)/t13-,15+/m1/s1. The average molecular weight is 269 g/mol. The summed E-state index contributed by atoms with van der Waals surface area (Å²) in [6.45, 7) is 2.27. The van der Waals surface area contributed by atoms with Crippen molar-refractivity contribution in [3.63, 3.8) is 0 Å². The van der Waals surface area contributed by atoms with Crippen molar-refractivity contribution in [2.24, 2.45) is 17.6 Å². The second kappa shape index (κ2) is 9.35. The zero-order valence-electron chi connectivity index (χ0n) is 12.4. The fraction of sp³-hybridized carbons (Fsp3) is 0.938. The fourth-order valence-corrected chi connectivity index (χ4v) is 3.20. The number of hydrogen-bond donors (Lipinski definition) is 2. The first-order valence-corrected chi connectivity index (χ1v) is 8.05. The zero-order chi connectivity index (χ0) is 14.1. The molecule has 0 unspecified atom stereocenters. The van der Waals surface area contributed by atoms with Crippen LogP contribution < -0.4 is 5.73 Å². The summed E-state index contributed by atoms with van der Waals surface area (Å²) in [6, 6.07) is -0.168. The second-order valence-electron chi connectivity index (χ2n) is 6.48. The molecule has 0 radical (unpaired) electrons. The molecule has 0 spiro atoms. The van der Waals surface area contributed by atoms with E-state index in [0.717, 1.165) is 18.8 Å². The van der Waals surface area contributed by atoms with Crippen LogP contribution in [0.2, 0.25) is 0 Å². The predicted molar refractivity (Wildman–Crippen MR) is 79.1 cm³/mol. The van der Waals surface area contributed by atoms with Gasteiger partial charge in [-0.2, -0.15) is 0 Å². The van der Waals surface area contributed by atoms with Crippen molar-refractivity contribution in [3.8, 4) is 0 Å². The van der Waals surface area contributed by atoms with Crippen molar-refractivity contribution < 1.29 is 9.90 Å². The maximum atomic E-state index is 10.5. The lowest BCUT2D eigenvalue weighted by Crippen LogP contribution is -2.24. The molecule has 0 amide bonds. The van der Waals surface area contributed by atoms with Crippen LogP contribution in [0.25, 0.3) is 0 Å². The van der Waals surface area contributed by atoms with E-state index in [1.165, 1.54) is 51.4 Å². The van der Waals surface area contributed by atoms with E-state index in [2.05, 4.69) is 6.92 Å². The first kappa shape index (κ1) is 16.5. The molecule has 1 aliphatic rings. The highest BCUT2D eigenvalue weighted by atomic mass is 16.4. The van der Waals surface area contributed by atoms with Crippen molar-refractivity contribution in [3.05, 3.63) is 0 Å². The molecule has 0 aromatic carbocycles. The predicted octanol–water partition coefficient (Wildman–Crippen LogP) is 3.96. The van der Waals surface area contributed by atoms with Gasteiger partial charge in [0.2, 0.25) is 0 Å². The summed E-state index contributed by atoms with van der Waals surface area (Å²) in [5.41, 5.74) is 5.79. The maximum absolute atomic E-state index is 10.5. The number of rotatable bonds is 9. The Balaban J connectivity index is 2.00. The van der Waals surface area contributed by atoms with Gasteiger partial charge in [0.15, 0.2) is 0 Å². The maximum Gasteiger partial charge on any atom is 0.304 e. The zero-order valence-corrected chi connectivity index (χ0v) is 12.4. The first-order chi connectivity index (χ1) is 9.08. The summed E-state index contributed by atoms with van der Waals surface area (Å²) in [7, 11) is 0. The average Bonchev–Trinajstić information content (AvgIpc) is 2.37. The normalized spacial score (nSPS) is 20.1. The third-order valence-corrected chi connectivity index (χ3v) is 4.50. The molecule has 0 aromatic rings. The molecule has 112 valence electrons. The van der Waals surface area contributed by atoms with Gasteiger partial charge in [-0.05, 0) is 24.7 Å². The molecular formula is C16H31NO2. The van der Waals surface area contributed by atoms with E-state index in [9.17, 15) is 4.79 Å². The Bertz CT molecular complexity index is 249. The number of hydrogen-bond acceptors (Lipinski definition) is 2. The van der Waals surface area contributed by atoms with E-state index in [1.807, 2.05) is 0 Å². The molecule has 1 rings (SSSR count). The van der Waals surface area contributed by atoms with E-state index < -0.39 is 5.97 Å². The number of carbonyl (C=O) groups is 1. The van der Waals surface area contributed by atoms with E-state index >= 15 is 0 Å². The minimum atomic E-state index is -0.780. The van der Waals surface area contributed by atoms with Crippen molar-refractivity contribution in [1.82, 2.24) is 0 Å². The number of carboxylic acid groups (broad SMARTS) is 1. The van der Waals surface area contributed by atoms with Crippen LogP contribution in [0.5, 0.6) is 0 Å². The van der Waals surface area contributed by atoms with Gasteiger partial charge < -0.3 is 10.8 Å². The summed E-state index contributed by atoms with van der Waals surface area (Å²) in [6.07, 6.45) is 13.2. The van der Waals surface area contributed by atoms with Gasteiger partial charge >= 0.3 is 5.97 Å². The third kappa shape index (κ3) is 8.25. The Morgan fingerprint density at radius 3 is 2.53 bits per heavy atom. The molecule has 1 saturated carbocycles. The van der Waals surface area contributed by atoms with Crippen LogP contribution >= 0.6 is 0 Å². The second-order valence-corrected chi connectivity index (χ2v) is 6.48. The molecule has 3 heteroatoms. The van der Waals surface area contributed by atoms with E-state index in [-0.39, 0.29) is 12.5 Å². The summed E-state index contributed by atoms with van der Waals surface area (Å²) in [5.74, 6) is 0.885. The van der Waals surface area contributed by atoms with Crippen LogP contribution in [0.1, 0.15) is 77.6 Å². The largest absolute Gasteiger partial charge is 0.481 e. The highest BCUT2D eigenvalue weighted by Crippen LogP contribution is 2.28. The monoisotopic (exact) mass is 269 g/mol. The van der Waals surface area contributed by atoms with Gasteiger partial charge in [-0.1, -0.05) is 58.3 Å². The van der Waals surface area contributed by atoms with Crippen LogP contribution in [0.4, 0.5) is 0 Å². The quantitative estimate of drug-likeness (QED) is 0.666. The third-order valence-electron chi connectivity index (χ3n) is 4.50.